The first-order chi connectivity index (χ1) is 10.2. The summed E-state index contributed by atoms with van der Waals surface area (Å²) in [5, 5.41) is 0.287. The number of anilines is 1. The lowest BCUT2D eigenvalue weighted by molar-refractivity contribution is -0.140. The topological polar surface area (TPSA) is 36.4 Å². The van der Waals surface area contributed by atoms with Crippen molar-refractivity contribution in [1.82, 2.24) is 9.88 Å². The van der Waals surface area contributed by atoms with Crippen molar-refractivity contribution in [2.24, 2.45) is 5.41 Å². The van der Waals surface area contributed by atoms with Crippen molar-refractivity contribution < 1.29 is 9.18 Å². The van der Waals surface area contributed by atoms with E-state index in [-0.39, 0.29) is 17.0 Å². The summed E-state index contributed by atoms with van der Waals surface area (Å²) >= 11 is 5.75. The van der Waals surface area contributed by atoms with Gasteiger partial charge >= 0.3 is 0 Å². The van der Waals surface area contributed by atoms with E-state index in [1.54, 1.807) is 4.90 Å². The van der Waals surface area contributed by atoms with Crippen LogP contribution in [0.4, 0.5) is 10.2 Å². The second-order valence-corrected chi connectivity index (χ2v) is 7.30. The van der Waals surface area contributed by atoms with Crippen LogP contribution in [-0.2, 0) is 4.79 Å². The first kappa shape index (κ1) is 17.0. The number of aromatic nitrogens is 1. The third-order valence-electron chi connectivity index (χ3n) is 3.99. The number of carbonyl (C=O) groups excluding carboxylic acids is 1. The predicted octanol–water partition coefficient (Wildman–Crippen LogP) is 3.35. The highest BCUT2D eigenvalue weighted by molar-refractivity contribution is 6.30. The zero-order valence-corrected chi connectivity index (χ0v) is 14.3. The maximum absolute atomic E-state index is 14.0. The van der Waals surface area contributed by atoms with E-state index < -0.39 is 11.2 Å². The first-order valence-electron chi connectivity index (χ1n) is 7.53. The molecule has 1 saturated heterocycles. The minimum absolute atomic E-state index is 0.0670. The molecule has 1 aliphatic heterocycles. The van der Waals surface area contributed by atoms with Gasteiger partial charge in [-0.25, -0.2) is 9.37 Å². The molecule has 0 spiro atoms. The molecule has 2 rings (SSSR count). The van der Waals surface area contributed by atoms with Gasteiger partial charge in [-0.3, -0.25) is 4.79 Å². The molecule has 2 heterocycles. The van der Waals surface area contributed by atoms with Crippen LogP contribution in [-0.4, -0.2) is 42.0 Å². The summed E-state index contributed by atoms with van der Waals surface area (Å²) in [6.45, 7) is 7.05. The molecular weight excluding hydrogens is 305 g/mol. The minimum Gasteiger partial charge on any atom is -0.352 e. The molecule has 0 aliphatic carbocycles. The Labute approximate surface area is 136 Å². The molecule has 1 aliphatic rings. The number of carbonyl (C=O) groups is 1. The average Bonchev–Trinajstić information content (AvgIpc) is 2.45. The highest BCUT2D eigenvalue weighted by Crippen LogP contribution is 2.26. The lowest BCUT2D eigenvalue weighted by Crippen LogP contribution is -2.51. The molecule has 6 heteroatoms. The Hall–Kier alpha value is -1.36. The monoisotopic (exact) mass is 327 g/mol. The fourth-order valence-corrected chi connectivity index (χ4v) is 2.94. The Morgan fingerprint density at radius 3 is 2.77 bits per heavy atom. The van der Waals surface area contributed by atoms with E-state index in [1.165, 1.54) is 12.3 Å². The summed E-state index contributed by atoms with van der Waals surface area (Å²) in [7, 11) is 1.83. The summed E-state index contributed by atoms with van der Waals surface area (Å²) in [5.74, 6) is -0.00690. The normalized spacial score (nSPS) is 19.2. The largest absolute Gasteiger partial charge is 0.352 e. The fraction of sp³-hybridized carbons (Fsp3) is 0.625. The number of halogens is 2. The van der Waals surface area contributed by atoms with Gasteiger partial charge in [-0.2, -0.15) is 0 Å². The molecule has 4 nitrogen and oxygen atoms in total. The Kier molecular flexibility index (Phi) is 4.95. The Bertz CT molecular complexity index is 559. The quantitative estimate of drug-likeness (QED) is 0.836. The van der Waals surface area contributed by atoms with Crippen LogP contribution < -0.4 is 4.90 Å². The molecule has 1 unspecified atom stereocenters. The number of piperidine rings is 1. The zero-order valence-electron chi connectivity index (χ0n) is 13.6. The van der Waals surface area contributed by atoms with Gasteiger partial charge in [0.2, 0.25) is 5.91 Å². The molecule has 1 atom stereocenters. The van der Waals surface area contributed by atoms with Crippen molar-refractivity contribution in [3.63, 3.8) is 0 Å². The van der Waals surface area contributed by atoms with E-state index in [4.69, 9.17) is 11.6 Å². The summed E-state index contributed by atoms with van der Waals surface area (Å²) in [6.07, 6.45) is 3.27. The number of nitrogens with zero attached hydrogens (tertiary/aromatic N) is 3. The summed E-state index contributed by atoms with van der Waals surface area (Å²) in [4.78, 5) is 20.2. The molecule has 0 N–H and O–H groups in total. The molecule has 1 fully saturated rings. The Morgan fingerprint density at radius 1 is 1.50 bits per heavy atom. The Balaban J connectivity index is 2.13. The van der Waals surface area contributed by atoms with Crippen LogP contribution in [0.15, 0.2) is 12.3 Å². The van der Waals surface area contributed by atoms with Crippen molar-refractivity contribution in [3.05, 3.63) is 23.1 Å². The van der Waals surface area contributed by atoms with Crippen molar-refractivity contribution in [2.45, 2.75) is 39.7 Å². The van der Waals surface area contributed by atoms with Gasteiger partial charge in [0.25, 0.3) is 0 Å². The lowest BCUT2D eigenvalue weighted by atomic mass is 9.93. The van der Waals surface area contributed by atoms with E-state index >= 15 is 0 Å². The van der Waals surface area contributed by atoms with Gasteiger partial charge in [0.1, 0.15) is 0 Å². The molecule has 0 radical (unpaired) electrons. The molecule has 1 aromatic rings. The van der Waals surface area contributed by atoms with Gasteiger partial charge < -0.3 is 9.80 Å². The SMILES string of the molecule is CN(C(=O)C(C)(C)C)C1CCCN(c2ncc(Cl)cc2F)C1. The summed E-state index contributed by atoms with van der Waals surface area (Å²) < 4.78 is 14.0. The van der Waals surface area contributed by atoms with Crippen LogP contribution in [0.3, 0.4) is 0 Å². The van der Waals surface area contributed by atoms with Gasteiger partial charge in [0.15, 0.2) is 11.6 Å². The maximum Gasteiger partial charge on any atom is 0.227 e. The van der Waals surface area contributed by atoms with Gasteiger partial charge in [0, 0.05) is 37.8 Å². The van der Waals surface area contributed by atoms with Crippen molar-refractivity contribution in [3.8, 4) is 0 Å². The molecule has 0 bridgehead atoms. The third-order valence-corrected chi connectivity index (χ3v) is 4.20. The van der Waals surface area contributed by atoms with Gasteiger partial charge in [0.05, 0.1) is 5.02 Å². The molecule has 0 saturated carbocycles. The number of amides is 1. The van der Waals surface area contributed by atoms with Gasteiger partial charge in [-0.05, 0) is 18.9 Å². The molecule has 1 amide bonds. The van der Waals surface area contributed by atoms with E-state index in [2.05, 4.69) is 4.98 Å². The van der Waals surface area contributed by atoms with Gasteiger partial charge in [-0.1, -0.05) is 32.4 Å². The van der Waals surface area contributed by atoms with E-state index in [1.807, 2.05) is 32.7 Å². The van der Waals surface area contributed by atoms with Crippen LogP contribution >= 0.6 is 11.6 Å². The number of rotatable bonds is 2. The predicted molar refractivity (Wildman–Crippen MR) is 86.7 cm³/mol. The highest BCUT2D eigenvalue weighted by atomic mass is 35.5. The summed E-state index contributed by atoms with van der Waals surface area (Å²) in [6, 6.07) is 1.34. The fourth-order valence-electron chi connectivity index (χ4n) is 2.80. The zero-order chi connectivity index (χ0) is 16.5. The third kappa shape index (κ3) is 3.69. The van der Waals surface area contributed by atoms with E-state index in [9.17, 15) is 9.18 Å². The van der Waals surface area contributed by atoms with E-state index in [0.29, 0.717) is 12.4 Å². The maximum atomic E-state index is 14.0. The van der Waals surface area contributed by atoms with E-state index in [0.717, 1.165) is 19.4 Å². The van der Waals surface area contributed by atoms with Crippen LogP contribution in [0, 0.1) is 11.2 Å². The molecule has 122 valence electrons. The highest BCUT2D eigenvalue weighted by Gasteiger charge is 2.32. The molecule has 1 aromatic heterocycles. The molecular formula is C16H23ClFN3O. The first-order valence-corrected chi connectivity index (χ1v) is 7.91. The second kappa shape index (κ2) is 6.41. The number of pyridine rings is 1. The minimum atomic E-state index is -0.419. The average molecular weight is 328 g/mol. The smallest absolute Gasteiger partial charge is 0.227 e. The molecule has 0 aromatic carbocycles. The van der Waals surface area contributed by atoms with Crippen LogP contribution in [0.5, 0.6) is 0 Å². The Morgan fingerprint density at radius 2 is 2.18 bits per heavy atom. The number of hydrogen-bond donors (Lipinski definition) is 0. The second-order valence-electron chi connectivity index (χ2n) is 6.87. The van der Waals surface area contributed by atoms with Crippen molar-refractivity contribution in [1.29, 1.82) is 0 Å². The molecule has 22 heavy (non-hydrogen) atoms. The standard InChI is InChI=1S/C16H23ClFN3O/c1-16(2,3)15(22)20(4)12-6-5-7-21(10-12)14-13(18)8-11(17)9-19-14/h8-9,12H,5-7,10H2,1-4H3. The van der Waals surface area contributed by atoms with Crippen molar-refractivity contribution in [2.75, 3.05) is 25.0 Å². The lowest BCUT2D eigenvalue weighted by Gasteiger charge is -2.40. The number of likely N-dealkylation sites (N-methyl/N-ethyl adjacent to an activating group) is 1. The van der Waals surface area contributed by atoms with Gasteiger partial charge in [-0.15, -0.1) is 0 Å². The van der Waals surface area contributed by atoms with Crippen LogP contribution in [0.2, 0.25) is 5.02 Å². The number of hydrogen-bond acceptors (Lipinski definition) is 3. The summed E-state index contributed by atoms with van der Waals surface area (Å²) in [5.41, 5.74) is -0.416. The van der Waals surface area contributed by atoms with Crippen LogP contribution in [0.25, 0.3) is 0 Å². The van der Waals surface area contributed by atoms with Crippen molar-refractivity contribution >= 4 is 23.3 Å². The van der Waals surface area contributed by atoms with Crippen LogP contribution in [0.1, 0.15) is 33.6 Å².